The molecule has 1 aromatic heterocycles. The number of rotatable bonds is 2. The number of hydrogen-bond acceptors (Lipinski definition) is 1. The van der Waals surface area contributed by atoms with Gasteiger partial charge in [-0.2, -0.15) is 13.2 Å². The van der Waals surface area contributed by atoms with E-state index in [9.17, 15) is 13.2 Å². The van der Waals surface area contributed by atoms with Crippen LogP contribution in [0, 0.1) is 0 Å². The van der Waals surface area contributed by atoms with Crippen molar-refractivity contribution in [2.75, 3.05) is 0 Å². The summed E-state index contributed by atoms with van der Waals surface area (Å²) in [7, 11) is 0. The Bertz CT molecular complexity index is 644. The minimum atomic E-state index is -4.46. The van der Waals surface area contributed by atoms with Crippen LogP contribution in [0.15, 0.2) is 30.5 Å². The van der Waals surface area contributed by atoms with Gasteiger partial charge in [0.05, 0.1) is 16.3 Å². The molecule has 1 heterocycles. The molecular weight excluding hydrogens is 378 g/mol. The molecule has 1 aromatic carbocycles. The molecule has 0 saturated carbocycles. The molecular formula is C13H7BrCl2F3N. The predicted octanol–water partition coefficient (Wildman–Crippen LogP) is 5.97. The van der Waals surface area contributed by atoms with E-state index < -0.39 is 11.7 Å². The first kappa shape index (κ1) is 15.6. The van der Waals surface area contributed by atoms with E-state index in [-0.39, 0.29) is 5.02 Å². The summed E-state index contributed by atoms with van der Waals surface area (Å²) in [6, 6.07) is 5.92. The van der Waals surface area contributed by atoms with Crippen LogP contribution in [0.3, 0.4) is 0 Å². The molecule has 2 aromatic rings. The molecule has 0 aliphatic carbocycles. The molecule has 0 bridgehead atoms. The van der Waals surface area contributed by atoms with E-state index >= 15 is 0 Å². The van der Waals surface area contributed by atoms with Gasteiger partial charge < -0.3 is 0 Å². The van der Waals surface area contributed by atoms with Crippen molar-refractivity contribution in [3.8, 4) is 11.3 Å². The van der Waals surface area contributed by atoms with Gasteiger partial charge in [-0.15, -0.1) is 0 Å². The third-order valence-corrected chi connectivity index (χ3v) is 3.89. The molecule has 0 saturated heterocycles. The number of alkyl halides is 4. The topological polar surface area (TPSA) is 12.9 Å². The van der Waals surface area contributed by atoms with Gasteiger partial charge in [-0.25, -0.2) is 0 Å². The van der Waals surface area contributed by atoms with Gasteiger partial charge in [0, 0.05) is 22.1 Å². The Morgan fingerprint density at radius 3 is 2.35 bits per heavy atom. The Morgan fingerprint density at radius 2 is 1.80 bits per heavy atom. The number of pyridine rings is 1. The van der Waals surface area contributed by atoms with Crippen LogP contribution in [0.2, 0.25) is 10.0 Å². The molecule has 7 heteroatoms. The third-order valence-electron chi connectivity index (χ3n) is 2.63. The van der Waals surface area contributed by atoms with Gasteiger partial charge in [-0.1, -0.05) is 45.2 Å². The summed E-state index contributed by atoms with van der Waals surface area (Å²) >= 11 is 15.2. The average Bonchev–Trinajstić information content (AvgIpc) is 2.38. The zero-order valence-corrected chi connectivity index (χ0v) is 12.9. The lowest BCUT2D eigenvalue weighted by Gasteiger charge is -2.10. The average molecular weight is 385 g/mol. The van der Waals surface area contributed by atoms with Crippen molar-refractivity contribution in [1.82, 2.24) is 4.98 Å². The van der Waals surface area contributed by atoms with E-state index in [2.05, 4.69) is 20.9 Å². The molecule has 0 aliphatic heterocycles. The highest BCUT2D eigenvalue weighted by Gasteiger charge is 2.31. The van der Waals surface area contributed by atoms with Gasteiger partial charge >= 0.3 is 6.18 Å². The van der Waals surface area contributed by atoms with Crippen molar-refractivity contribution in [2.24, 2.45) is 0 Å². The first-order valence-corrected chi connectivity index (χ1v) is 7.28. The Hall–Kier alpha value is -0.780. The van der Waals surface area contributed by atoms with Crippen LogP contribution in [-0.2, 0) is 11.5 Å². The second-order valence-electron chi connectivity index (χ2n) is 3.99. The minimum Gasteiger partial charge on any atom is -0.254 e. The van der Waals surface area contributed by atoms with Gasteiger partial charge in [0.25, 0.3) is 0 Å². The molecule has 20 heavy (non-hydrogen) atoms. The zero-order valence-electron chi connectivity index (χ0n) is 9.81. The summed E-state index contributed by atoms with van der Waals surface area (Å²) in [5, 5.41) is 1.04. The molecule has 0 N–H and O–H groups in total. The van der Waals surface area contributed by atoms with Crippen molar-refractivity contribution in [2.45, 2.75) is 11.5 Å². The second-order valence-corrected chi connectivity index (χ2v) is 5.37. The van der Waals surface area contributed by atoms with E-state index in [4.69, 9.17) is 23.2 Å². The molecule has 0 aliphatic rings. The van der Waals surface area contributed by atoms with Gasteiger partial charge in [0.1, 0.15) is 0 Å². The van der Waals surface area contributed by atoms with Crippen molar-refractivity contribution in [3.63, 3.8) is 0 Å². The third kappa shape index (κ3) is 3.27. The molecule has 0 unspecified atom stereocenters. The summed E-state index contributed by atoms with van der Waals surface area (Å²) in [6.07, 6.45) is -3.69. The summed E-state index contributed by atoms with van der Waals surface area (Å²) < 4.78 is 37.7. The first-order valence-electron chi connectivity index (χ1n) is 5.40. The zero-order chi connectivity index (χ0) is 14.9. The van der Waals surface area contributed by atoms with E-state index in [1.54, 1.807) is 18.2 Å². The van der Waals surface area contributed by atoms with Crippen LogP contribution in [0.25, 0.3) is 11.3 Å². The highest BCUT2D eigenvalue weighted by molar-refractivity contribution is 9.08. The van der Waals surface area contributed by atoms with E-state index in [1.807, 2.05) is 0 Å². The smallest absolute Gasteiger partial charge is 0.254 e. The van der Waals surface area contributed by atoms with Gasteiger partial charge in [0.15, 0.2) is 0 Å². The second kappa shape index (κ2) is 5.92. The number of benzene rings is 1. The lowest BCUT2D eigenvalue weighted by atomic mass is 10.1. The van der Waals surface area contributed by atoms with Gasteiger partial charge in [0.2, 0.25) is 0 Å². The van der Waals surface area contributed by atoms with Crippen LogP contribution >= 0.6 is 39.1 Å². The molecule has 0 radical (unpaired) electrons. The molecule has 1 nitrogen and oxygen atoms in total. The fourth-order valence-corrected chi connectivity index (χ4v) is 2.71. The minimum absolute atomic E-state index is 0.0531. The highest BCUT2D eigenvalue weighted by Crippen LogP contribution is 2.35. The van der Waals surface area contributed by atoms with Gasteiger partial charge in [-0.3, -0.25) is 4.98 Å². The Labute approximate surface area is 131 Å². The molecule has 0 fully saturated rings. The maximum atomic E-state index is 12.6. The monoisotopic (exact) mass is 383 g/mol. The summed E-state index contributed by atoms with van der Waals surface area (Å²) in [4.78, 5) is 3.81. The van der Waals surface area contributed by atoms with E-state index in [0.29, 0.717) is 21.6 Å². The highest BCUT2D eigenvalue weighted by atomic mass is 79.9. The number of nitrogens with zero attached hydrogens (tertiary/aromatic N) is 1. The Morgan fingerprint density at radius 1 is 1.10 bits per heavy atom. The fourth-order valence-electron chi connectivity index (χ4n) is 1.63. The van der Waals surface area contributed by atoms with E-state index in [1.165, 1.54) is 0 Å². The fraction of sp³-hybridized carbons (Fsp3) is 0.154. The summed E-state index contributed by atoms with van der Waals surface area (Å²) in [5.41, 5.74) is 0.837. The van der Waals surface area contributed by atoms with Crippen LogP contribution in [-0.4, -0.2) is 4.98 Å². The molecule has 0 amide bonds. The van der Waals surface area contributed by atoms with Gasteiger partial charge in [-0.05, 0) is 23.8 Å². The predicted molar refractivity (Wildman–Crippen MR) is 77.3 cm³/mol. The van der Waals surface area contributed by atoms with Crippen molar-refractivity contribution in [3.05, 3.63) is 51.6 Å². The first-order chi connectivity index (χ1) is 9.32. The van der Waals surface area contributed by atoms with Crippen molar-refractivity contribution in [1.29, 1.82) is 0 Å². The molecule has 106 valence electrons. The number of halogens is 6. The SMILES string of the molecule is FC(F)(F)c1cnc(-c2ccc(Cl)c(CBr)c2)c(Cl)c1. The van der Waals surface area contributed by atoms with Crippen LogP contribution in [0.4, 0.5) is 13.2 Å². The van der Waals surface area contributed by atoms with Crippen molar-refractivity contribution < 1.29 is 13.2 Å². The molecule has 0 spiro atoms. The van der Waals surface area contributed by atoms with Crippen molar-refractivity contribution >= 4 is 39.1 Å². The van der Waals surface area contributed by atoms with Crippen LogP contribution in [0.1, 0.15) is 11.1 Å². The molecule has 2 rings (SSSR count). The Kier molecular flexibility index (Phi) is 4.62. The Balaban J connectivity index is 2.49. The molecule has 0 atom stereocenters. The quantitative estimate of drug-likeness (QED) is 0.581. The van der Waals surface area contributed by atoms with Crippen LogP contribution < -0.4 is 0 Å². The van der Waals surface area contributed by atoms with E-state index in [0.717, 1.165) is 17.8 Å². The lowest BCUT2D eigenvalue weighted by Crippen LogP contribution is -2.05. The standard InChI is InChI=1S/C13H7BrCl2F3N/c14-5-8-3-7(1-2-10(8)15)12-11(16)4-9(6-20-12)13(17,18)19/h1-4,6H,5H2. The summed E-state index contributed by atoms with van der Waals surface area (Å²) in [6.45, 7) is 0. The largest absolute Gasteiger partial charge is 0.417 e. The lowest BCUT2D eigenvalue weighted by molar-refractivity contribution is -0.137. The normalized spacial score (nSPS) is 11.7. The maximum absolute atomic E-state index is 12.6. The van der Waals surface area contributed by atoms with Crippen LogP contribution in [0.5, 0.6) is 0 Å². The summed E-state index contributed by atoms with van der Waals surface area (Å²) in [5.74, 6) is 0. The number of aromatic nitrogens is 1. The maximum Gasteiger partial charge on any atom is 0.417 e. The number of hydrogen-bond donors (Lipinski definition) is 0.